The molecule has 2 rings (SSSR count). The van der Waals surface area contributed by atoms with Crippen LogP contribution in [0.4, 0.5) is 0 Å². The van der Waals surface area contributed by atoms with Crippen LogP contribution in [0.2, 0.25) is 0 Å². The topological polar surface area (TPSA) is 86.7 Å². The number of aromatic carboxylic acids is 1. The maximum absolute atomic E-state index is 12.2. The first-order valence-electron chi connectivity index (χ1n) is 6.00. The van der Waals surface area contributed by atoms with Gasteiger partial charge in [0.15, 0.2) is 0 Å². The van der Waals surface area contributed by atoms with Crippen LogP contribution in [0.25, 0.3) is 0 Å². The smallest absolute Gasteiger partial charge is 0.335 e. The minimum absolute atomic E-state index is 0.0904. The van der Waals surface area contributed by atoms with Gasteiger partial charge >= 0.3 is 5.97 Å². The first-order valence-corrected chi connectivity index (χ1v) is 7.61. The third kappa shape index (κ3) is 3.52. The van der Waals surface area contributed by atoms with Gasteiger partial charge in [-0.3, -0.25) is 0 Å². The van der Waals surface area contributed by atoms with E-state index in [0.717, 1.165) is 0 Å². The highest BCUT2D eigenvalue weighted by atomic mass is 32.2. The molecule has 0 unspecified atom stereocenters. The number of carboxylic acid groups (broad SMARTS) is 1. The molecule has 1 aromatic rings. The second kappa shape index (κ2) is 5.68. The number of sulfonamides is 1. The van der Waals surface area contributed by atoms with E-state index in [2.05, 4.69) is 5.32 Å². The number of rotatable bonds is 4. The van der Waals surface area contributed by atoms with Gasteiger partial charge in [0, 0.05) is 26.2 Å². The lowest BCUT2D eigenvalue weighted by Gasteiger charge is -2.26. The summed E-state index contributed by atoms with van der Waals surface area (Å²) in [4.78, 5) is 10.7. The molecule has 1 aliphatic heterocycles. The number of carbonyl (C=O) groups is 1. The van der Waals surface area contributed by atoms with Crippen LogP contribution in [-0.4, -0.2) is 50.0 Å². The maximum Gasteiger partial charge on any atom is 0.335 e. The van der Waals surface area contributed by atoms with Gasteiger partial charge in [0.1, 0.15) is 0 Å². The summed E-state index contributed by atoms with van der Waals surface area (Å²) in [5.74, 6) is -1.11. The summed E-state index contributed by atoms with van der Waals surface area (Å²) in [7, 11) is -3.32. The summed E-state index contributed by atoms with van der Waals surface area (Å²) in [6.45, 7) is 2.29. The maximum atomic E-state index is 12.2. The Balaban J connectivity index is 2.09. The van der Waals surface area contributed by atoms with Gasteiger partial charge in [-0.05, 0) is 17.7 Å². The van der Waals surface area contributed by atoms with Gasteiger partial charge in [-0.2, -0.15) is 4.31 Å². The van der Waals surface area contributed by atoms with Crippen LogP contribution < -0.4 is 5.32 Å². The molecule has 0 amide bonds. The van der Waals surface area contributed by atoms with Crippen LogP contribution in [0.1, 0.15) is 15.9 Å². The fraction of sp³-hybridized carbons (Fsp3) is 0.417. The largest absolute Gasteiger partial charge is 0.478 e. The van der Waals surface area contributed by atoms with E-state index in [-0.39, 0.29) is 11.3 Å². The fourth-order valence-electron chi connectivity index (χ4n) is 1.97. The molecular formula is C12H16N2O4S. The summed E-state index contributed by atoms with van der Waals surface area (Å²) in [6, 6.07) is 5.93. The zero-order valence-electron chi connectivity index (χ0n) is 10.4. The third-order valence-electron chi connectivity index (χ3n) is 3.02. The Hall–Kier alpha value is -1.44. The number of benzene rings is 1. The van der Waals surface area contributed by atoms with E-state index in [9.17, 15) is 13.2 Å². The predicted octanol–water partition coefficient (Wildman–Crippen LogP) is 0.120. The minimum atomic E-state index is -3.32. The Morgan fingerprint density at radius 1 is 1.21 bits per heavy atom. The lowest BCUT2D eigenvalue weighted by molar-refractivity contribution is 0.0697. The molecule has 104 valence electrons. The molecular weight excluding hydrogens is 268 g/mol. The lowest BCUT2D eigenvalue weighted by atomic mass is 10.1. The van der Waals surface area contributed by atoms with E-state index < -0.39 is 16.0 Å². The summed E-state index contributed by atoms with van der Waals surface area (Å²) >= 11 is 0. The van der Waals surface area contributed by atoms with E-state index in [1.54, 1.807) is 12.1 Å². The van der Waals surface area contributed by atoms with E-state index in [1.807, 2.05) is 0 Å². The lowest BCUT2D eigenvalue weighted by Crippen LogP contribution is -2.46. The Labute approximate surface area is 112 Å². The van der Waals surface area contributed by atoms with Crippen molar-refractivity contribution in [2.45, 2.75) is 5.75 Å². The summed E-state index contributed by atoms with van der Waals surface area (Å²) in [6.07, 6.45) is 0. The molecule has 0 bridgehead atoms. The van der Waals surface area contributed by atoms with Gasteiger partial charge < -0.3 is 10.4 Å². The third-order valence-corrected chi connectivity index (χ3v) is 4.87. The second-order valence-corrected chi connectivity index (χ2v) is 6.38. The van der Waals surface area contributed by atoms with Crippen LogP contribution in [0.15, 0.2) is 24.3 Å². The first kappa shape index (κ1) is 14.0. The van der Waals surface area contributed by atoms with Crippen molar-refractivity contribution in [1.82, 2.24) is 9.62 Å². The fourth-order valence-corrected chi connectivity index (χ4v) is 3.50. The Morgan fingerprint density at radius 2 is 1.79 bits per heavy atom. The average molecular weight is 284 g/mol. The summed E-state index contributed by atoms with van der Waals surface area (Å²) in [5.41, 5.74) is 0.756. The van der Waals surface area contributed by atoms with E-state index in [0.29, 0.717) is 31.7 Å². The van der Waals surface area contributed by atoms with Crippen LogP contribution in [0.3, 0.4) is 0 Å². The van der Waals surface area contributed by atoms with Gasteiger partial charge in [-0.25, -0.2) is 13.2 Å². The normalized spacial score (nSPS) is 17.3. The molecule has 0 atom stereocenters. The Bertz CT molecular complexity index is 548. The zero-order chi connectivity index (χ0) is 13.9. The quantitative estimate of drug-likeness (QED) is 0.820. The van der Waals surface area contributed by atoms with Gasteiger partial charge in [-0.15, -0.1) is 0 Å². The highest BCUT2D eigenvalue weighted by Crippen LogP contribution is 2.12. The molecule has 0 spiro atoms. The van der Waals surface area contributed by atoms with Crippen LogP contribution >= 0.6 is 0 Å². The van der Waals surface area contributed by atoms with Crippen molar-refractivity contribution >= 4 is 16.0 Å². The first-order chi connectivity index (χ1) is 8.99. The molecule has 7 heteroatoms. The highest BCUT2D eigenvalue weighted by molar-refractivity contribution is 7.88. The second-order valence-electron chi connectivity index (χ2n) is 4.41. The van der Waals surface area contributed by atoms with E-state index in [4.69, 9.17) is 5.11 Å². The van der Waals surface area contributed by atoms with Crippen LogP contribution in [0, 0.1) is 0 Å². The summed E-state index contributed by atoms with van der Waals surface area (Å²) in [5, 5.41) is 11.9. The van der Waals surface area contributed by atoms with E-state index >= 15 is 0 Å². The van der Waals surface area contributed by atoms with Crippen molar-refractivity contribution in [3.8, 4) is 0 Å². The van der Waals surface area contributed by atoms with E-state index in [1.165, 1.54) is 16.4 Å². The SMILES string of the molecule is O=C(O)c1ccc(CS(=O)(=O)N2CCNCC2)cc1. The highest BCUT2D eigenvalue weighted by Gasteiger charge is 2.23. The van der Waals surface area contributed by atoms with Crippen molar-refractivity contribution < 1.29 is 18.3 Å². The molecule has 0 aromatic heterocycles. The molecule has 1 fully saturated rings. The van der Waals surface area contributed by atoms with Gasteiger partial charge in [0.05, 0.1) is 11.3 Å². The molecule has 1 heterocycles. The zero-order valence-corrected chi connectivity index (χ0v) is 11.2. The molecule has 0 radical (unpaired) electrons. The number of piperazine rings is 1. The molecule has 19 heavy (non-hydrogen) atoms. The van der Waals surface area contributed by atoms with Gasteiger partial charge in [0.25, 0.3) is 0 Å². The minimum Gasteiger partial charge on any atom is -0.478 e. The van der Waals surface area contributed by atoms with Crippen molar-refractivity contribution in [3.63, 3.8) is 0 Å². The van der Waals surface area contributed by atoms with Crippen molar-refractivity contribution in [2.24, 2.45) is 0 Å². The number of carboxylic acids is 1. The Morgan fingerprint density at radius 3 is 2.32 bits per heavy atom. The van der Waals surface area contributed by atoms with Crippen LogP contribution in [0.5, 0.6) is 0 Å². The Kier molecular flexibility index (Phi) is 4.18. The molecule has 0 aliphatic carbocycles. The molecule has 1 aromatic carbocycles. The van der Waals surface area contributed by atoms with Crippen molar-refractivity contribution in [3.05, 3.63) is 35.4 Å². The monoisotopic (exact) mass is 284 g/mol. The van der Waals surface area contributed by atoms with Crippen molar-refractivity contribution in [1.29, 1.82) is 0 Å². The molecule has 2 N–H and O–H groups in total. The number of hydrogen-bond acceptors (Lipinski definition) is 4. The van der Waals surface area contributed by atoms with Crippen molar-refractivity contribution in [2.75, 3.05) is 26.2 Å². The number of hydrogen-bond donors (Lipinski definition) is 2. The molecule has 1 aliphatic rings. The number of nitrogens with one attached hydrogen (secondary N) is 1. The average Bonchev–Trinajstić information content (AvgIpc) is 2.40. The van der Waals surface area contributed by atoms with Crippen LogP contribution in [-0.2, 0) is 15.8 Å². The molecule has 6 nitrogen and oxygen atoms in total. The number of nitrogens with zero attached hydrogens (tertiary/aromatic N) is 1. The molecule has 1 saturated heterocycles. The van der Waals surface area contributed by atoms with Gasteiger partial charge in [-0.1, -0.05) is 12.1 Å². The van der Waals surface area contributed by atoms with Gasteiger partial charge in [0.2, 0.25) is 10.0 Å². The molecule has 0 saturated carbocycles. The predicted molar refractivity (Wildman–Crippen MR) is 70.5 cm³/mol. The standard InChI is InChI=1S/C12H16N2O4S/c15-12(16)11-3-1-10(2-4-11)9-19(17,18)14-7-5-13-6-8-14/h1-4,13H,5-9H2,(H,15,16). The summed E-state index contributed by atoms with van der Waals surface area (Å²) < 4.78 is 25.8.